The van der Waals surface area contributed by atoms with Gasteiger partial charge in [-0.15, -0.1) is 0 Å². The molecule has 0 saturated heterocycles. The summed E-state index contributed by atoms with van der Waals surface area (Å²) in [5.41, 5.74) is 3.33. The summed E-state index contributed by atoms with van der Waals surface area (Å²) in [4.78, 5) is 10.4. The Hall–Kier alpha value is -1.82. The molecule has 3 heterocycles. The molecule has 3 aliphatic rings. The van der Waals surface area contributed by atoms with Crippen LogP contribution in [0.1, 0.15) is 25.0 Å². The second-order valence-corrected chi connectivity index (χ2v) is 7.69. The number of aliphatic hydroxyl groups excluding tert-OH is 1. The molecule has 128 valence electrons. The predicted octanol–water partition coefficient (Wildman–Crippen LogP) is 4.65. The third kappa shape index (κ3) is 3.32. The first-order chi connectivity index (χ1) is 12.1. The maximum absolute atomic E-state index is 9.79. The van der Waals surface area contributed by atoms with E-state index in [0.717, 1.165) is 39.8 Å². The maximum atomic E-state index is 9.79. The van der Waals surface area contributed by atoms with Crippen LogP contribution in [0.5, 0.6) is 0 Å². The molecule has 0 radical (unpaired) electrons. The van der Waals surface area contributed by atoms with E-state index >= 15 is 0 Å². The summed E-state index contributed by atoms with van der Waals surface area (Å²) < 4.78 is 2.04. The van der Waals surface area contributed by atoms with Crippen LogP contribution in [-0.2, 0) is 7.05 Å². The van der Waals surface area contributed by atoms with E-state index in [9.17, 15) is 5.11 Å². The smallest absolute Gasteiger partial charge is 0.141 e. The van der Waals surface area contributed by atoms with Gasteiger partial charge < -0.3 is 9.67 Å². The van der Waals surface area contributed by atoms with Crippen LogP contribution in [-0.4, -0.2) is 25.7 Å². The maximum Gasteiger partial charge on any atom is 0.141 e. The molecule has 4 rings (SSSR count). The summed E-state index contributed by atoms with van der Waals surface area (Å²) in [5.74, 6) is 0.959. The lowest BCUT2D eigenvalue weighted by molar-refractivity contribution is 0.166. The zero-order valence-electron chi connectivity index (χ0n) is 13.8. The van der Waals surface area contributed by atoms with Crippen molar-refractivity contribution in [1.29, 1.82) is 0 Å². The zero-order chi connectivity index (χ0) is 17.4. The minimum absolute atomic E-state index is 0.238. The largest absolute Gasteiger partial charge is 0.393 e. The molecule has 0 aromatic carbocycles. The number of allylic oxidation sites excluding steroid dienone is 1. The minimum atomic E-state index is -0.238. The third-order valence-electron chi connectivity index (χ3n) is 4.42. The van der Waals surface area contributed by atoms with Gasteiger partial charge in [0, 0.05) is 25.0 Å². The lowest BCUT2D eigenvalue weighted by Crippen LogP contribution is -2.10. The molecule has 1 atom stereocenters. The molecule has 1 aromatic heterocycles. The molecular formula is C19H18ClN3OS. The van der Waals surface area contributed by atoms with Gasteiger partial charge in [0.25, 0.3) is 0 Å². The van der Waals surface area contributed by atoms with Crippen LogP contribution in [0.15, 0.2) is 52.7 Å². The number of aromatic nitrogens is 3. The molecular weight excluding hydrogens is 354 g/mol. The zero-order valence-corrected chi connectivity index (χ0v) is 15.4. The SMILES string of the molecule is Cn1cccc2c(Sc3ccc(Cl)cn3)c(C3=CCC(O)CC3)nc1-2. The monoisotopic (exact) mass is 371 g/mol. The topological polar surface area (TPSA) is 50.9 Å². The van der Waals surface area contributed by atoms with Gasteiger partial charge in [0.15, 0.2) is 0 Å². The van der Waals surface area contributed by atoms with E-state index in [2.05, 4.69) is 17.1 Å². The summed E-state index contributed by atoms with van der Waals surface area (Å²) in [6.45, 7) is 0. The number of rotatable bonds is 3. The molecule has 0 amide bonds. The molecule has 1 aliphatic carbocycles. The van der Waals surface area contributed by atoms with E-state index in [-0.39, 0.29) is 6.10 Å². The highest BCUT2D eigenvalue weighted by atomic mass is 35.5. The Morgan fingerprint density at radius 1 is 1.32 bits per heavy atom. The molecule has 0 bridgehead atoms. The number of pyridine rings is 2. The minimum Gasteiger partial charge on any atom is -0.393 e. The normalized spacial score (nSPS) is 17.7. The number of aliphatic hydroxyl groups is 1. The molecule has 0 spiro atoms. The summed E-state index contributed by atoms with van der Waals surface area (Å²) >= 11 is 7.57. The van der Waals surface area contributed by atoms with E-state index < -0.39 is 0 Å². The summed E-state index contributed by atoms with van der Waals surface area (Å²) in [7, 11) is 2.01. The van der Waals surface area contributed by atoms with Crippen LogP contribution in [0.25, 0.3) is 17.0 Å². The lowest BCUT2D eigenvalue weighted by atomic mass is 9.95. The number of hydrogen-bond donors (Lipinski definition) is 1. The number of aryl methyl sites for hydroxylation is 1. The predicted molar refractivity (Wildman–Crippen MR) is 101 cm³/mol. The van der Waals surface area contributed by atoms with Gasteiger partial charge in [0.05, 0.1) is 21.7 Å². The van der Waals surface area contributed by atoms with Crippen LogP contribution in [0.2, 0.25) is 5.02 Å². The molecule has 1 N–H and O–H groups in total. The Balaban J connectivity index is 1.81. The molecule has 2 aliphatic heterocycles. The first-order valence-corrected chi connectivity index (χ1v) is 9.43. The Labute approximate surface area is 155 Å². The molecule has 1 unspecified atom stereocenters. The van der Waals surface area contributed by atoms with Crippen molar-refractivity contribution in [2.45, 2.75) is 35.3 Å². The van der Waals surface area contributed by atoms with Crippen molar-refractivity contribution in [3.05, 3.63) is 53.5 Å². The number of hydrogen-bond acceptors (Lipinski definition) is 4. The highest BCUT2D eigenvalue weighted by Gasteiger charge is 2.25. The highest BCUT2D eigenvalue weighted by Crippen LogP contribution is 2.43. The number of nitrogens with zero attached hydrogens (tertiary/aromatic N) is 3. The van der Waals surface area contributed by atoms with Gasteiger partial charge in [-0.3, -0.25) is 0 Å². The molecule has 25 heavy (non-hydrogen) atoms. The van der Waals surface area contributed by atoms with Gasteiger partial charge >= 0.3 is 0 Å². The molecule has 0 saturated carbocycles. The van der Waals surface area contributed by atoms with Gasteiger partial charge in [0.1, 0.15) is 10.9 Å². The van der Waals surface area contributed by atoms with E-state index in [1.54, 1.807) is 18.0 Å². The summed E-state index contributed by atoms with van der Waals surface area (Å²) in [5, 5.41) is 11.3. The second kappa shape index (κ2) is 6.83. The summed E-state index contributed by atoms with van der Waals surface area (Å²) in [6.07, 6.45) is 7.87. The van der Waals surface area contributed by atoms with Gasteiger partial charge in [0.2, 0.25) is 0 Å². The van der Waals surface area contributed by atoms with Gasteiger partial charge in [-0.05, 0) is 49.1 Å². The fraction of sp³-hybridized carbons (Fsp3) is 0.263. The molecule has 1 aromatic rings. The van der Waals surface area contributed by atoms with E-state index in [0.29, 0.717) is 11.4 Å². The van der Waals surface area contributed by atoms with Crippen LogP contribution in [0, 0.1) is 0 Å². The third-order valence-corrected chi connectivity index (χ3v) is 5.71. The Morgan fingerprint density at radius 3 is 2.92 bits per heavy atom. The molecule has 4 nitrogen and oxygen atoms in total. The van der Waals surface area contributed by atoms with Gasteiger partial charge in [-0.1, -0.05) is 29.4 Å². The average Bonchev–Trinajstić information content (AvgIpc) is 2.98. The second-order valence-electron chi connectivity index (χ2n) is 6.22. The fourth-order valence-electron chi connectivity index (χ4n) is 3.09. The standard InChI is InChI=1S/C19H18ClN3OS/c1-23-10-2-3-15-18(25-16-9-6-13(20)11-21-16)17(22-19(15)23)12-4-7-14(24)8-5-12/h2-4,6,9-11,14,24H,5,7-8H2,1H3. The lowest BCUT2D eigenvalue weighted by Gasteiger charge is -2.17. The Morgan fingerprint density at radius 2 is 2.20 bits per heavy atom. The first-order valence-electron chi connectivity index (χ1n) is 8.24. The Bertz CT molecular complexity index is 904. The quantitative estimate of drug-likeness (QED) is 0.727. The molecule has 6 heteroatoms. The fourth-order valence-corrected chi connectivity index (χ4v) is 4.19. The highest BCUT2D eigenvalue weighted by molar-refractivity contribution is 7.99. The van der Waals surface area contributed by atoms with E-state index in [1.807, 2.05) is 36.0 Å². The van der Waals surface area contributed by atoms with Crippen molar-refractivity contribution < 1.29 is 5.11 Å². The van der Waals surface area contributed by atoms with Crippen LogP contribution >= 0.6 is 23.4 Å². The van der Waals surface area contributed by atoms with Crippen LogP contribution in [0.4, 0.5) is 0 Å². The molecule has 0 fully saturated rings. The van der Waals surface area contributed by atoms with Crippen molar-refractivity contribution in [3.63, 3.8) is 0 Å². The number of halogens is 1. The van der Waals surface area contributed by atoms with E-state index in [1.165, 1.54) is 5.57 Å². The first kappa shape index (κ1) is 16.6. The Kier molecular flexibility index (Phi) is 4.54. The van der Waals surface area contributed by atoms with Crippen LogP contribution in [0.3, 0.4) is 0 Å². The van der Waals surface area contributed by atoms with E-state index in [4.69, 9.17) is 16.6 Å². The van der Waals surface area contributed by atoms with Crippen LogP contribution < -0.4 is 0 Å². The van der Waals surface area contributed by atoms with Crippen molar-refractivity contribution in [3.8, 4) is 11.4 Å². The number of fused-ring (bicyclic) bond motifs is 1. The summed E-state index contributed by atoms with van der Waals surface area (Å²) in [6, 6.07) is 7.91. The van der Waals surface area contributed by atoms with Crippen molar-refractivity contribution >= 4 is 28.9 Å². The van der Waals surface area contributed by atoms with Crippen molar-refractivity contribution in [2.24, 2.45) is 7.05 Å². The van der Waals surface area contributed by atoms with Gasteiger partial charge in [-0.25, -0.2) is 9.97 Å². The van der Waals surface area contributed by atoms with Crippen molar-refractivity contribution in [1.82, 2.24) is 14.5 Å². The van der Waals surface area contributed by atoms with Gasteiger partial charge in [-0.2, -0.15) is 0 Å². The van der Waals surface area contributed by atoms with Crippen molar-refractivity contribution in [2.75, 3.05) is 0 Å². The average molecular weight is 372 g/mol.